The maximum atomic E-state index is 13.2. The highest BCUT2D eigenvalue weighted by Crippen LogP contribution is 2.36. The lowest BCUT2D eigenvalue weighted by atomic mass is 9.89. The topological polar surface area (TPSA) is 60.4 Å². The maximum Gasteiger partial charge on any atom is 0.282 e. The number of likely N-dealkylation sites (tertiary alicyclic amines) is 1. The molecule has 0 amide bonds. The van der Waals surface area contributed by atoms with Gasteiger partial charge in [-0.25, -0.2) is 23.7 Å². The zero-order chi connectivity index (χ0) is 24.0. The van der Waals surface area contributed by atoms with Crippen LogP contribution in [0, 0.1) is 11.8 Å². The summed E-state index contributed by atoms with van der Waals surface area (Å²) in [5.41, 5.74) is 1.34. The third kappa shape index (κ3) is 5.34. The van der Waals surface area contributed by atoms with Gasteiger partial charge in [0, 0.05) is 19.6 Å². The Morgan fingerprint density at radius 2 is 1.71 bits per heavy atom. The van der Waals surface area contributed by atoms with E-state index in [1.807, 2.05) is 0 Å². The second-order valence-corrected chi connectivity index (χ2v) is 11.1. The van der Waals surface area contributed by atoms with Gasteiger partial charge in [-0.1, -0.05) is 6.92 Å². The van der Waals surface area contributed by atoms with Crippen LogP contribution < -0.4 is 15.1 Å². The van der Waals surface area contributed by atoms with Crippen molar-refractivity contribution < 1.29 is 8.78 Å². The molecule has 4 aliphatic rings. The summed E-state index contributed by atoms with van der Waals surface area (Å²) < 4.78 is 26.4. The van der Waals surface area contributed by atoms with E-state index in [1.54, 1.807) is 12.4 Å². The number of halogens is 2. The first-order chi connectivity index (χ1) is 16.9. The Bertz CT molecular complexity index is 1030. The van der Waals surface area contributed by atoms with Gasteiger partial charge in [0.1, 0.15) is 23.3 Å². The van der Waals surface area contributed by atoms with Gasteiger partial charge in [0.25, 0.3) is 5.92 Å². The molecule has 9 heteroatoms. The molecule has 2 aromatic heterocycles. The average molecular weight is 484 g/mol. The Morgan fingerprint density at radius 1 is 0.914 bits per heavy atom. The Balaban J connectivity index is 1.18. The van der Waals surface area contributed by atoms with Gasteiger partial charge in [-0.05, 0) is 80.6 Å². The molecule has 1 N–H and O–H groups in total. The molecule has 3 aliphatic heterocycles. The van der Waals surface area contributed by atoms with E-state index in [9.17, 15) is 8.78 Å². The third-order valence-corrected chi connectivity index (χ3v) is 7.92. The molecule has 7 nitrogen and oxygen atoms in total. The van der Waals surface area contributed by atoms with Crippen LogP contribution in [0.1, 0.15) is 50.5 Å². The molecule has 1 aliphatic carbocycles. The summed E-state index contributed by atoms with van der Waals surface area (Å²) >= 11 is 0. The van der Waals surface area contributed by atoms with Crippen molar-refractivity contribution in [2.75, 3.05) is 60.9 Å². The molecule has 4 fully saturated rings. The molecule has 0 aromatic carbocycles. The molecule has 5 heterocycles. The number of anilines is 4. The molecule has 35 heavy (non-hydrogen) atoms. The van der Waals surface area contributed by atoms with Crippen LogP contribution in [0.5, 0.6) is 0 Å². The zero-order valence-electron chi connectivity index (χ0n) is 20.5. The van der Waals surface area contributed by atoms with Crippen molar-refractivity contribution in [3.05, 3.63) is 30.1 Å². The van der Waals surface area contributed by atoms with Crippen molar-refractivity contribution in [1.29, 1.82) is 0 Å². The van der Waals surface area contributed by atoms with Crippen LogP contribution in [0.25, 0.3) is 0 Å². The van der Waals surface area contributed by atoms with Crippen molar-refractivity contribution in [1.82, 2.24) is 19.9 Å². The Kier molecular flexibility index (Phi) is 5.98. The smallest absolute Gasteiger partial charge is 0.282 e. The number of hydrogen-bond acceptors (Lipinski definition) is 7. The van der Waals surface area contributed by atoms with Crippen molar-refractivity contribution in [3.63, 3.8) is 0 Å². The summed E-state index contributed by atoms with van der Waals surface area (Å²) in [5.74, 6) is 2.39. The number of piperidine rings is 1. The van der Waals surface area contributed by atoms with E-state index in [1.165, 1.54) is 62.2 Å². The van der Waals surface area contributed by atoms with Crippen molar-refractivity contribution in [3.8, 4) is 0 Å². The first-order valence-electron chi connectivity index (χ1n) is 13.1. The highest BCUT2D eigenvalue weighted by molar-refractivity contribution is 5.58. The highest BCUT2D eigenvalue weighted by atomic mass is 19.3. The summed E-state index contributed by atoms with van der Waals surface area (Å²) in [6, 6.07) is 4.46. The quantitative estimate of drug-likeness (QED) is 0.622. The van der Waals surface area contributed by atoms with Gasteiger partial charge in [0.2, 0.25) is 0 Å². The average Bonchev–Trinajstić information content (AvgIpc) is 3.54. The summed E-state index contributed by atoms with van der Waals surface area (Å²) in [6.07, 6.45) is 9.53. The molecule has 6 rings (SSSR count). The van der Waals surface area contributed by atoms with Gasteiger partial charge in [0.15, 0.2) is 0 Å². The molecule has 0 bridgehead atoms. The molecular formula is C26H35F2N7. The minimum atomic E-state index is -2.62. The Labute approximate surface area is 205 Å². The van der Waals surface area contributed by atoms with E-state index in [4.69, 9.17) is 4.98 Å². The fourth-order valence-corrected chi connectivity index (χ4v) is 5.61. The van der Waals surface area contributed by atoms with E-state index >= 15 is 0 Å². The largest absolute Gasteiger partial charge is 0.356 e. The number of pyridine rings is 1. The van der Waals surface area contributed by atoms with Gasteiger partial charge in [-0.2, -0.15) is 0 Å². The number of rotatable bonds is 7. The monoisotopic (exact) mass is 483 g/mol. The lowest BCUT2D eigenvalue weighted by molar-refractivity contribution is -0.0267. The van der Waals surface area contributed by atoms with Crippen LogP contribution in [-0.2, 0) is 0 Å². The predicted octanol–water partition coefficient (Wildman–Crippen LogP) is 4.51. The van der Waals surface area contributed by atoms with Gasteiger partial charge < -0.3 is 20.0 Å². The fourth-order valence-electron chi connectivity index (χ4n) is 5.61. The van der Waals surface area contributed by atoms with E-state index in [-0.39, 0.29) is 13.1 Å². The second kappa shape index (κ2) is 9.15. The van der Waals surface area contributed by atoms with Crippen LogP contribution in [0.4, 0.5) is 32.1 Å². The first kappa shape index (κ1) is 22.9. The SMILES string of the molecule is CC1CCN(c2cc(C3CCN(CC4CC4)CC3)cc(Nc3cnc(N4CC(F)(F)C4)cn3)n2)C1. The van der Waals surface area contributed by atoms with Gasteiger partial charge >= 0.3 is 0 Å². The van der Waals surface area contributed by atoms with Gasteiger partial charge in [0.05, 0.1) is 25.5 Å². The number of hydrogen-bond donors (Lipinski definition) is 1. The Morgan fingerprint density at radius 3 is 2.34 bits per heavy atom. The van der Waals surface area contributed by atoms with Crippen molar-refractivity contribution in [2.45, 2.75) is 50.9 Å². The molecule has 0 radical (unpaired) electrons. The maximum absolute atomic E-state index is 13.2. The summed E-state index contributed by atoms with van der Waals surface area (Å²) in [4.78, 5) is 20.3. The minimum Gasteiger partial charge on any atom is -0.356 e. The lowest BCUT2D eigenvalue weighted by Gasteiger charge is -2.39. The molecule has 3 saturated heterocycles. The summed E-state index contributed by atoms with van der Waals surface area (Å²) in [5, 5.41) is 3.33. The minimum absolute atomic E-state index is 0.296. The van der Waals surface area contributed by atoms with Crippen LogP contribution in [0.3, 0.4) is 0 Å². The van der Waals surface area contributed by atoms with E-state index < -0.39 is 5.92 Å². The molecule has 188 valence electrons. The molecule has 0 spiro atoms. The standard InChI is InChI=1S/C26H35F2N7/c1-18-4-9-34(14-18)24-11-21(20-5-7-33(8-6-20)15-19-2-3-19)10-22(32-24)31-23-12-30-25(13-29-23)35-16-26(27,28)17-35/h10-13,18-20H,2-9,14-17H2,1H3,(H,29,31,32). The summed E-state index contributed by atoms with van der Waals surface area (Å²) in [6.45, 7) is 7.39. The van der Waals surface area contributed by atoms with E-state index in [0.717, 1.165) is 30.6 Å². The normalized spacial score (nSPS) is 25.1. The van der Waals surface area contributed by atoms with E-state index in [0.29, 0.717) is 23.5 Å². The molecule has 2 aromatic rings. The number of nitrogens with one attached hydrogen (secondary N) is 1. The molecular weight excluding hydrogens is 448 g/mol. The first-order valence-corrected chi connectivity index (χ1v) is 13.1. The second-order valence-electron chi connectivity index (χ2n) is 11.1. The van der Waals surface area contributed by atoms with Crippen LogP contribution >= 0.6 is 0 Å². The summed E-state index contributed by atoms with van der Waals surface area (Å²) in [7, 11) is 0. The van der Waals surface area contributed by atoms with Crippen molar-refractivity contribution in [2.24, 2.45) is 11.8 Å². The van der Waals surface area contributed by atoms with Gasteiger partial charge in [-0.15, -0.1) is 0 Å². The van der Waals surface area contributed by atoms with Crippen LogP contribution in [0.2, 0.25) is 0 Å². The van der Waals surface area contributed by atoms with Crippen LogP contribution in [-0.4, -0.2) is 71.6 Å². The predicted molar refractivity (Wildman–Crippen MR) is 134 cm³/mol. The van der Waals surface area contributed by atoms with Gasteiger partial charge in [-0.3, -0.25) is 0 Å². The lowest BCUT2D eigenvalue weighted by Crippen LogP contribution is -2.56. The van der Waals surface area contributed by atoms with Crippen LogP contribution in [0.15, 0.2) is 24.5 Å². The third-order valence-electron chi connectivity index (χ3n) is 7.92. The Hall–Kier alpha value is -2.55. The molecule has 1 atom stereocenters. The zero-order valence-corrected chi connectivity index (χ0v) is 20.5. The number of aromatic nitrogens is 3. The van der Waals surface area contributed by atoms with Crippen molar-refractivity contribution >= 4 is 23.3 Å². The fraction of sp³-hybridized carbons (Fsp3) is 0.654. The number of alkyl halides is 2. The number of nitrogens with zero attached hydrogens (tertiary/aromatic N) is 6. The molecule has 1 saturated carbocycles. The highest BCUT2D eigenvalue weighted by Gasteiger charge is 2.44. The molecule has 1 unspecified atom stereocenters. The van der Waals surface area contributed by atoms with E-state index in [2.05, 4.69) is 44.1 Å².